The molecule has 0 fully saturated rings. The highest BCUT2D eigenvalue weighted by Crippen LogP contribution is 2.17. The van der Waals surface area contributed by atoms with Gasteiger partial charge in [0, 0.05) is 11.6 Å². The first-order valence-corrected chi connectivity index (χ1v) is 9.55. The lowest BCUT2D eigenvalue weighted by atomic mass is 9.98. The summed E-state index contributed by atoms with van der Waals surface area (Å²) in [6.45, 7) is 4.92. The van der Waals surface area contributed by atoms with E-state index in [4.69, 9.17) is 4.74 Å². The molecule has 0 saturated heterocycles. The fraction of sp³-hybridized carbons (Fsp3) is 0.318. The Hall–Kier alpha value is -3.29. The number of amides is 2. The van der Waals surface area contributed by atoms with E-state index in [1.54, 1.807) is 37.3 Å². The summed E-state index contributed by atoms with van der Waals surface area (Å²) in [7, 11) is 0. The van der Waals surface area contributed by atoms with Crippen LogP contribution in [-0.4, -0.2) is 29.9 Å². The van der Waals surface area contributed by atoms with Crippen molar-refractivity contribution in [2.24, 2.45) is 5.92 Å². The van der Waals surface area contributed by atoms with Crippen molar-refractivity contribution in [3.8, 4) is 0 Å². The van der Waals surface area contributed by atoms with Crippen LogP contribution in [0.25, 0.3) is 0 Å². The zero-order valence-electron chi connectivity index (χ0n) is 16.9. The van der Waals surface area contributed by atoms with Crippen molar-refractivity contribution in [2.75, 3.05) is 5.32 Å². The summed E-state index contributed by atoms with van der Waals surface area (Å²) >= 11 is 0. The zero-order chi connectivity index (χ0) is 22.3. The molecule has 0 unspecified atom stereocenters. The molecule has 0 aliphatic rings. The Morgan fingerprint density at radius 1 is 1.03 bits per heavy atom. The number of hydrogen-bond acceptors (Lipinski definition) is 4. The van der Waals surface area contributed by atoms with Gasteiger partial charge in [-0.1, -0.05) is 38.5 Å². The van der Waals surface area contributed by atoms with Crippen molar-refractivity contribution in [2.45, 2.75) is 39.3 Å². The number of rotatable bonds is 8. The Morgan fingerprint density at radius 3 is 2.33 bits per heavy atom. The maximum atomic E-state index is 13.7. The van der Waals surface area contributed by atoms with Gasteiger partial charge in [-0.25, -0.2) is 13.6 Å². The zero-order valence-corrected chi connectivity index (χ0v) is 16.9. The van der Waals surface area contributed by atoms with Gasteiger partial charge in [0.15, 0.2) is 6.10 Å². The third-order valence-electron chi connectivity index (χ3n) is 4.64. The summed E-state index contributed by atoms with van der Waals surface area (Å²) < 4.78 is 32.2. The summed E-state index contributed by atoms with van der Waals surface area (Å²) in [6.07, 6.45) is -0.718. The van der Waals surface area contributed by atoms with Crippen LogP contribution < -0.4 is 10.6 Å². The first-order chi connectivity index (χ1) is 14.2. The van der Waals surface area contributed by atoms with E-state index >= 15 is 0 Å². The fourth-order valence-electron chi connectivity index (χ4n) is 2.61. The number of hydrogen-bond donors (Lipinski definition) is 2. The lowest BCUT2D eigenvalue weighted by molar-refractivity contribution is -0.156. The van der Waals surface area contributed by atoms with Crippen LogP contribution in [0.15, 0.2) is 48.5 Å². The molecule has 0 bridgehead atoms. The Bertz CT molecular complexity index is 905. The average molecular weight is 418 g/mol. The quantitative estimate of drug-likeness (QED) is 0.641. The molecule has 2 aromatic rings. The van der Waals surface area contributed by atoms with Gasteiger partial charge in [0.25, 0.3) is 11.8 Å². The highest BCUT2D eigenvalue weighted by molar-refractivity contribution is 5.98. The van der Waals surface area contributed by atoms with Crippen molar-refractivity contribution in [3.05, 3.63) is 65.7 Å². The van der Waals surface area contributed by atoms with Crippen LogP contribution in [0, 0.1) is 17.6 Å². The fourth-order valence-corrected chi connectivity index (χ4v) is 2.61. The Kier molecular flexibility index (Phi) is 8.03. The van der Waals surface area contributed by atoms with Gasteiger partial charge in [-0.3, -0.25) is 9.59 Å². The molecule has 8 heteroatoms. The van der Waals surface area contributed by atoms with Gasteiger partial charge in [0.05, 0.1) is 5.69 Å². The minimum atomic E-state index is -1.29. The number of carbonyl (C=O) groups is 3. The number of halogens is 2. The van der Waals surface area contributed by atoms with Crippen molar-refractivity contribution in [1.29, 1.82) is 0 Å². The molecule has 3 atom stereocenters. The highest BCUT2D eigenvalue weighted by Gasteiger charge is 2.30. The van der Waals surface area contributed by atoms with E-state index in [0.29, 0.717) is 12.0 Å². The molecule has 0 saturated carbocycles. The van der Waals surface area contributed by atoms with E-state index in [1.807, 2.05) is 6.92 Å². The summed E-state index contributed by atoms with van der Waals surface area (Å²) in [4.78, 5) is 37.3. The molecule has 0 radical (unpaired) electrons. The number of anilines is 1. The predicted molar refractivity (Wildman–Crippen MR) is 108 cm³/mol. The van der Waals surface area contributed by atoms with E-state index in [0.717, 1.165) is 18.2 Å². The molecular formula is C22H24F2N2O4. The Labute approximate surface area is 173 Å². The number of carbonyl (C=O) groups excluding carboxylic acids is 3. The molecule has 0 spiro atoms. The van der Waals surface area contributed by atoms with E-state index in [1.165, 1.54) is 6.92 Å². The van der Waals surface area contributed by atoms with E-state index in [9.17, 15) is 23.2 Å². The van der Waals surface area contributed by atoms with Crippen molar-refractivity contribution in [3.63, 3.8) is 0 Å². The molecule has 6 nitrogen and oxygen atoms in total. The lowest BCUT2D eigenvalue weighted by Gasteiger charge is -2.24. The van der Waals surface area contributed by atoms with Crippen molar-refractivity contribution < 1.29 is 27.9 Å². The number of esters is 1. The molecule has 2 amide bonds. The molecule has 2 aromatic carbocycles. The molecule has 2 N–H and O–H groups in total. The second kappa shape index (κ2) is 10.5. The largest absolute Gasteiger partial charge is 0.451 e. The minimum Gasteiger partial charge on any atom is -0.451 e. The molecule has 0 aliphatic heterocycles. The van der Waals surface area contributed by atoms with Crippen molar-refractivity contribution in [1.82, 2.24) is 5.32 Å². The molecular weight excluding hydrogens is 394 g/mol. The number of benzene rings is 2. The Morgan fingerprint density at radius 2 is 1.70 bits per heavy atom. The molecule has 30 heavy (non-hydrogen) atoms. The van der Waals surface area contributed by atoms with Crippen LogP contribution >= 0.6 is 0 Å². The third-order valence-corrected chi connectivity index (χ3v) is 4.64. The summed E-state index contributed by atoms with van der Waals surface area (Å²) in [5.41, 5.74) is 0.0183. The van der Waals surface area contributed by atoms with Gasteiger partial charge >= 0.3 is 5.97 Å². The maximum absolute atomic E-state index is 13.7. The predicted octanol–water partition coefficient (Wildman–Crippen LogP) is 3.68. The first-order valence-electron chi connectivity index (χ1n) is 9.55. The van der Waals surface area contributed by atoms with Crippen molar-refractivity contribution >= 4 is 23.5 Å². The standard InChI is InChI=1S/C22H24F2N2O4/c1-4-13(2)19(26-21(28)15-8-6-5-7-9-15)22(29)30-14(3)20(27)25-18-12-16(23)10-11-17(18)24/h5-14,19H,4H2,1-3H3,(H,25,27)(H,26,28)/t13-,14+,19-/m0/s1. The lowest BCUT2D eigenvalue weighted by Crippen LogP contribution is -2.47. The molecule has 0 heterocycles. The number of ether oxygens (including phenoxy) is 1. The SMILES string of the molecule is CC[C@H](C)[C@H](NC(=O)c1ccccc1)C(=O)O[C@H](C)C(=O)Nc1cc(F)ccc1F. The molecule has 0 aromatic heterocycles. The average Bonchev–Trinajstić information content (AvgIpc) is 2.74. The summed E-state index contributed by atoms with van der Waals surface area (Å²) in [6, 6.07) is 10.0. The van der Waals surface area contributed by atoms with Gasteiger partial charge in [-0.05, 0) is 37.1 Å². The van der Waals surface area contributed by atoms with E-state index < -0.39 is 41.6 Å². The minimum absolute atomic E-state index is 0.263. The van der Waals surface area contributed by atoms with Gasteiger partial charge < -0.3 is 15.4 Å². The third kappa shape index (κ3) is 6.10. The van der Waals surface area contributed by atoms with Crippen LogP contribution in [0.2, 0.25) is 0 Å². The van der Waals surface area contributed by atoms with E-state index in [2.05, 4.69) is 10.6 Å². The second-order valence-electron chi connectivity index (χ2n) is 6.90. The van der Waals surface area contributed by atoms with Crippen LogP contribution in [0.1, 0.15) is 37.6 Å². The summed E-state index contributed by atoms with van der Waals surface area (Å²) in [5.74, 6) is -3.88. The van der Waals surface area contributed by atoms with Gasteiger partial charge in [-0.15, -0.1) is 0 Å². The van der Waals surface area contributed by atoms with Gasteiger partial charge in [-0.2, -0.15) is 0 Å². The van der Waals surface area contributed by atoms with E-state index in [-0.39, 0.29) is 11.6 Å². The van der Waals surface area contributed by atoms with Gasteiger partial charge in [0.2, 0.25) is 0 Å². The monoisotopic (exact) mass is 418 g/mol. The molecule has 160 valence electrons. The second-order valence-corrected chi connectivity index (χ2v) is 6.90. The molecule has 2 rings (SSSR count). The van der Waals surface area contributed by atoms with Crippen LogP contribution in [0.5, 0.6) is 0 Å². The first kappa shape index (κ1) is 23.0. The highest BCUT2D eigenvalue weighted by atomic mass is 19.1. The number of nitrogens with one attached hydrogen (secondary N) is 2. The molecule has 0 aliphatic carbocycles. The Balaban J connectivity index is 2.05. The smallest absolute Gasteiger partial charge is 0.329 e. The topological polar surface area (TPSA) is 84.5 Å². The van der Waals surface area contributed by atoms with Crippen LogP contribution in [0.4, 0.5) is 14.5 Å². The van der Waals surface area contributed by atoms with Crippen LogP contribution in [0.3, 0.4) is 0 Å². The maximum Gasteiger partial charge on any atom is 0.329 e. The van der Waals surface area contributed by atoms with Gasteiger partial charge in [0.1, 0.15) is 17.7 Å². The summed E-state index contributed by atoms with van der Waals surface area (Å²) in [5, 5.41) is 4.83. The normalized spacial score (nSPS) is 13.6. The van der Waals surface area contributed by atoms with Crippen LogP contribution in [-0.2, 0) is 14.3 Å².